The number of thiazole rings is 1. The molecule has 0 radical (unpaired) electrons. The van der Waals surface area contributed by atoms with E-state index >= 15 is 0 Å². The number of halogens is 1. The Balaban J connectivity index is 1.96. The third kappa shape index (κ3) is 4.27. The van der Waals surface area contributed by atoms with Gasteiger partial charge in [-0.25, -0.2) is 9.78 Å². The highest BCUT2D eigenvalue weighted by Crippen LogP contribution is 2.25. The van der Waals surface area contributed by atoms with Gasteiger partial charge in [0.25, 0.3) is 0 Å². The van der Waals surface area contributed by atoms with Gasteiger partial charge in [0.05, 0.1) is 15.2 Å². The van der Waals surface area contributed by atoms with E-state index in [1.807, 2.05) is 18.2 Å². The van der Waals surface area contributed by atoms with Gasteiger partial charge >= 0.3 is 5.97 Å². The summed E-state index contributed by atoms with van der Waals surface area (Å²) >= 11 is 4.95. The van der Waals surface area contributed by atoms with Crippen molar-refractivity contribution in [3.63, 3.8) is 0 Å². The van der Waals surface area contributed by atoms with Crippen molar-refractivity contribution >= 4 is 49.4 Å². The lowest BCUT2D eigenvalue weighted by Crippen LogP contribution is -2.44. The number of carboxylic acids is 1. The Bertz CT molecular complexity index is 699. The van der Waals surface area contributed by atoms with Crippen molar-refractivity contribution in [2.45, 2.75) is 32.7 Å². The van der Waals surface area contributed by atoms with Crippen LogP contribution in [0, 0.1) is 5.92 Å². The maximum absolute atomic E-state index is 11.9. The van der Waals surface area contributed by atoms with Gasteiger partial charge in [-0.15, -0.1) is 11.3 Å². The first-order chi connectivity index (χ1) is 10.4. The van der Waals surface area contributed by atoms with Crippen LogP contribution in [0.1, 0.15) is 25.3 Å². The quantitative estimate of drug-likeness (QED) is 0.800. The molecule has 0 aliphatic heterocycles. The third-order valence-electron chi connectivity index (χ3n) is 3.21. The Morgan fingerprint density at radius 1 is 1.41 bits per heavy atom. The first-order valence-corrected chi connectivity index (χ1v) is 8.55. The molecule has 1 aromatic heterocycles. The second kappa shape index (κ2) is 7.19. The molecule has 1 aromatic carbocycles. The molecule has 2 rings (SSSR count). The number of carbonyl (C=O) groups excluding carboxylic acids is 1. The van der Waals surface area contributed by atoms with Crippen LogP contribution in [-0.2, 0) is 16.0 Å². The summed E-state index contributed by atoms with van der Waals surface area (Å²) in [5.41, 5.74) is 0.903. The fourth-order valence-electron chi connectivity index (χ4n) is 2.03. The predicted octanol–water partition coefficient (Wildman–Crippen LogP) is 3.22. The number of hydrogen-bond acceptors (Lipinski definition) is 4. The van der Waals surface area contributed by atoms with Crippen LogP contribution in [0.5, 0.6) is 0 Å². The van der Waals surface area contributed by atoms with Crippen LogP contribution in [0.2, 0.25) is 0 Å². The first-order valence-electron chi connectivity index (χ1n) is 6.94. The van der Waals surface area contributed by atoms with E-state index in [0.717, 1.165) is 19.7 Å². The summed E-state index contributed by atoms with van der Waals surface area (Å²) in [6, 6.07) is 5.03. The Hall–Kier alpha value is -1.47. The number of carbonyl (C=O) groups is 2. The average Bonchev–Trinajstić information content (AvgIpc) is 2.83. The molecule has 0 aliphatic carbocycles. The van der Waals surface area contributed by atoms with E-state index in [-0.39, 0.29) is 18.2 Å². The molecular formula is C15H17BrN2O3S. The number of hydrogen-bond donors (Lipinski definition) is 2. The molecule has 7 heteroatoms. The smallest absolute Gasteiger partial charge is 0.326 e. The van der Waals surface area contributed by atoms with Crippen LogP contribution in [0.15, 0.2) is 22.7 Å². The van der Waals surface area contributed by atoms with Crippen molar-refractivity contribution in [1.29, 1.82) is 0 Å². The Labute approximate surface area is 140 Å². The summed E-state index contributed by atoms with van der Waals surface area (Å²) in [5.74, 6) is -1.42. The van der Waals surface area contributed by atoms with E-state index < -0.39 is 12.0 Å². The van der Waals surface area contributed by atoms with Gasteiger partial charge in [-0.05, 0) is 24.1 Å². The normalized spacial score (nSPS) is 12.5. The molecular weight excluding hydrogens is 368 g/mol. The molecule has 22 heavy (non-hydrogen) atoms. The molecule has 1 amide bonds. The number of aryl methyl sites for hydroxylation is 1. The topological polar surface area (TPSA) is 79.3 Å². The van der Waals surface area contributed by atoms with Gasteiger partial charge in [-0.3, -0.25) is 4.79 Å². The number of fused-ring (bicyclic) bond motifs is 1. The molecule has 1 heterocycles. The molecule has 2 aromatic rings. The number of nitrogens with one attached hydrogen (secondary N) is 1. The molecule has 118 valence electrons. The van der Waals surface area contributed by atoms with Gasteiger partial charge in [0.1, 0.15) is 6.04 Å². The van der Waals surface area contributed by atoms with Crippen LogP contribution in [0.4, 0.5) is 0 Å². The van der Waals surface area contributed by atoms with Crippen LogP contribution < -0.4 is 5.32 Å². The highest BCUT2D eigenvalue weighted by Gasteiger charge is 2.23. The Kier molecular flexibility index (Phi) is 5.52. The lowest BCUT2D eigenvalue weighted by atomic mass is 10.0. The minimum atomic E-state index is -1.01. The van der Waals surface area contributed by atoms with Crippen molar-refractivity contribution in [2.24, 2.45) is 5.92 Å². The lowest BCUT2D eigenvalue weighted by molar-refractivity contribution is -0.143. The second-order valence-electron chi connectivity index (χ2n) is 5.35. The minimum Gasteiger partial charge on any atom is -0.480 e. The number of nitrogens with zero attached hydrogens (tertiary/aromatic N) is 1. The third-order valence-corrected chi connectivity index (χ3v) is 4.80. The van der Waals surface area contributed by atoms with Crippen molar-refractivity contribution in [2.75, 3.05) is 0 Å². The summed E-state index contributed by atoms with van der Waals surface area (Å²) in [6.45, 7) is 3.54. The molecule has 5 nitrogen and oxygen atoms in total. The van der Waals surface area contributed by atoms with Crippen molar-refractivity contribution in [1.82, 2.24) is 10.3 Å². The zero-order valence-corrected chi connectivity index (χ0v) is 14.7. The lowest BCUT2D eigenvalue weighted by Gasteiger charge is -2.17. The number of carboxylic acid groups (broad SMARTS) is 1. The van der Waals surface area contributed by atoms with Gasteiger partial charge in [0, 0.05) is 17.3 Å². The van der Waals surface area contributed by atoms with Gasteiger partial charge < -0.3 is 10.4 Å². The van der Waals surface area contributed by atoms with Gasteiger partial charge in [0.2, 0.25) is 5.91 Å². The molecule has 0 fully saturated rings. The summed E-state index contributed by atoms with van der Waals surface area (Å²) in [7, 11) is 0. The molecule has 2 N–H and O–H groups in total. The maximum Gasteiger partial charge on any atom is 0.326 e. The van der Waals surface area contributed by atoms with E-state index in [0.29, 0.717) is 6.42 Å². The SMILES string of the molecule is CC(C)[C@H](NC(=O)CCc1nc2cc(Br)ccc2s1)C(=O)O. The minimum absolute atomic E-state index is 0.152. The first kappa shape index (κ1) is 16.9. The molecule has 0 saturated carbocycles. The van der Waals surface area contributed by atoms with E-state index in [1.165, 1.54) is 0 Å². The highest BCUT2D eigenvalue weighted by atomic mass is 79.9. The molecule has 0 saturated heterocycles. The summed E-state index contributed by atoms with van der Waals surface area (Å²) in [5, 5.41) is 12.5. The van der Waals surface area contributed by atoms with E-state index in [1.54, 1.807) is 25.2 Å². The number of aliphatic carboxylic acids is 1. The Morgan fingerprint density at radius 2 is 2.14 bits per heavy atom. The zero-order chi connectivity index (χ0) is 16.3. The number of rotatable bonds is 6. The predicted molar refractivity (Wildman–Crippen MR) is 90.0 cm³/mol. The zero-order valence-electron chi connectivity index (χ0n) is 12.3. The van der Waals surface area contributed by atoms with Gasteiger partial charge in [-0.1, -0.05) is 29.8 Å². The largest absolute Gasteiger partial charge is 0.480 e. The van der Waals surface area contributed by atoms with Crippen LogP contribution in [0.25, 0.3) is 10.2 Å². The summed E-state index contributed by atoms with van der Waals surface area (Å²) in [4.78, 5) is 27.5. The molecule has 0 spiro atoms. The molecule has 0 aliphatic rings. The summed E-state index contributed by atoms with van der Waals surface area (Å²) < 4.78 is 2.04. The monoisotopic (exact) mass is 384 g/mol. The highest BCUT2D eigenvalue weighted by molar-refractivity contribution is 9.10. The summed E-state index contributed by atoms with van der Waals surface area (Å²) in [6.07, 6.45) is 0.741. The fourth-order valence-corrected chi connectivity index (χ4v) is 3.33. The Morgan fingerprint density at radius 3 is 2.77 bits per heavy atom. The molecule has 0 unspecified atom stereocenters. The molecule has 0 bridgehead atoms. The second-order valence-corrected chi connectivity index (χ2v) is 7.38. The van der Waals surface area contributed by atoms with E-state index in [2.05, 4.69) is 26.2 Å². The molecule has 1 atom stereocenters. The fraction of sp³-hybridized carbons (Fsp3) is 0.400. The van der Waals surface area contributed by atoms with E-state index in [9.17, 15) is 9.59 Å². The van der Waals surface area contributed by atoms with Crippen molar-refractivity contribution in [3.05, 3.63) is 27.7 Å². The van der Waals surface area contributed by atoms with Gasteiger partial charge in [-0.2, -0.15) is 0 Å². The number of aromatic nitrogens is 1. The van der Waals surface area contributed by atoms with Crippen LogP contribution in [-0.4, -0.2) is 28.0 Å². The standard InChI is InChI=1S/C15H17BrN2O3S/c1-8(2)14(15(20)21)18-12(19)5-6-13-17-10-7-9(16)3-4-11(10)22-13/h3-4,7-8,14H,5-6H2,1-2H3,(H,18,19)(H,20,21)/t14-/m0/s1. The average molecular weight is 385 g/mol. The van der Waals surface area contributed by atoms with Crippen molar-refractivity contribution < 1.29 is 14.7 Å². The number of benzene rings is 1. The maximum atomic E-state index is 11.9. The van der Waals surface area contributed by atoms with Crippen LogP contribution in [0.3, 0.4) is 0 Å². The van der Waals surface area contributed by atoms with Crippen molar-refractivity contribution in [3.8, 4) is 0 Å². The number of amides is 1. The van der Waals surface area contributed by atoms with Gasteiger partial charge in [0.15, 0.2) is 0 Å². The van der Waals surface area contributed by atoms with E-state index in [4.69, 9.17) is 5.11 Å². The van der Waals surface area contributed by atoms with Crippen LogP contribution >= 0.6 is 27.3 Å².